The number of hydrogen-bond acceptors (Lipinski definition) is 2. The van der Waals surface area contributed by atoms with E-state index in [1.54, 1.807) is 30.4 Å². The van der Waals surface area contributed by atoms with Gasteiger partial charge in [-0.3, -0.25) is 9.78 Å². The van der Waals surface area contributed by atoms with Gasteiger partial charge in [-0.15, -0.1) is 0 Å². The van der Waals surface area contributed by atoms with Crippen molar-refractivity contribution in [3.05, 3.63) is 28.5 Å². The average Bonchev–Trinajstić information content (AvgIpc) is 2.15. The van der Waals surface area contributed by atoms with Crippen molar-refractivity contribution >= 4 is 21.8 Å². The molecule has 0 aliphatic heterocycles. The number of amides is 1. The van der Waals surface area contributed by atoms with Crippen LogP contribution in [0.1, 0.15) is 17.3 Å². The van der Waals surface area contributed by atoms with Gasteiger partial charge in [0.1, 0.15) is 0 Å². The monoisotopic (exact) mass is 242 g/mol. The second kappa shape index (κ2) is 4.37. The molecule has 0 fully saturated rings. The van der Waals surface area contributed by atoms with Crippen molar-refractivity contribution in [2.45, 2.75) is 6.92 Å². The van der Waals surface area contributed by atoms with Gasteiger partial charge < -0.3 is 4.90 Å². The summed E-state index contributed by atoms with van der Waals surface area (Å²) in [6, 6.07) is 1.77. The van der Waals surface area contributed by atoms with Crippen LogP contribution < -0.4 is 0 Å². The Kier molecular flexibility index (Phi) is 3.42. The van der Waals surface area contributed by atoms with Crippen molar-refractivity contribution < 1.29 is 4.79 Å². The molecule has 0 N–H and O–H groups in total. The van der Waals surface area contributed by atoms with Crippen LogP contribution in [0.5, 0.6) is 0 Å². The Bertz CT molecular complexity index is 314. The highest BCUT2D eigenvalue weighted by atomic mass is 79.9. The minimum absolute atomic E-state index is 0.00343. The fourth-order valence-corrected chi connectivity index (χ4v) is 1.26. The van der Waals surface area contributed by atoms with E-state index < -0.39 is 0 Å². The fourth-order valence-electron chi connectivity index (χ4n) is 0.893. The largest absolute Gasteiger partial charge is 0.342 e. The van der Waals surface area contributed by atoms with Gasteiger partial charge in [-0.25, -0.2) is 0 Å². The normalized spacial score (nSPS) is 9.77. The van der Waals surface area contributed by atoms with E-state index in [1.165, 1.54) is 0 Å². The number of pyridine rings is 1. The lowest BCUT2D eigenvalue weighted by molar-refractivity contribution is 0.0802. The molecule has 0 saturated heterocycles. The molecule has 1 heterocycles. The second-order valence-electron chi connectivity index (χ2n) is 2.71. The minimum atomic E-state index is -0.00343. The lowest BCUT2D eigenvalue weighted by atomic mass is 10.2. The first kappa shape index (κ1) is 10.2. The molecular formula is C9H11BrN2O. The minimum Gasteiger partial charge on any atom is -0.342 e. The quantitative estimate of drug-likeness (QED) is 0.795. The van der Waals surface area contributed by atoms with Crippen molar-refractivity contribution in [3.63, 3.8) is 0 Å². The highest BCUT2D eigenvalue weighted by Crippen LogP contribution is 2.10. The zero-order valence-electron chi connectivity index (χ0n) is 7.62. The summed E-state index contributed by atoms with van der Waals surface area (Å²) in [4.78, 5) is 17.2. The maximum absolute atomic E-state index is 11.6. The summed E-state index contributed by atoms with van der Waals surface area (Å²) in [6.07, 6.45) is 3.22. The Labute approximate surface area is 85.9 Å². The summed E-state index contributed by atoms with van der Waals surface area (Å²) in [7, 11) is 1.77. The molecule has 3 nitrogen and oxygen atoms in total. The molecule has 1 aromatic rings. The van der Waals surface area contributed by atoms with Crippen molar-refractivity contribution in [1.82, 2.24) is 9.88 Å². The van der Waals surface area contributed by atoms with Crippen LogP contribution in [0.25, 0.3) is 0 Å². The molecule has 70 valence electrons. The van der Waals surface area contributed by atoms with E-state index in [0.29, 0.717) is 12.1 Å². The first-order valence-corrected chi connectivity index (χ1v) is 4.80. The summed E-state index contributed by atoms with van der Waals surface area (Å²) < 4.78 is 0.822. The van der Waals surface area contributed by atoms with Crippen LogP contribution in [-0.4, -0.2) is 29.4 Å². The topological polar surface area (TPSA) is 33.2 Å². The number of rotatable bonds is 2. The van der Waals surface area contributed by atoms with E-state index in [4.69, 9.17) is 0 Å². The first-order valence-electron chi connectivity index (χ1n) is 4.01. The summed E-state index contributed by atoms with van der Waals surface area (Å²) in [5.41, 5.74) is 0.610. The highest BCUT2D eigenvalue weighted by molar-refractivity contribution is 9.10. The molecule has 0 aliphatic rings. The molecule has 13 heavy (non-hydrogen) atoms. The van der Waals surface area contributed by atoms with Crippen LogP contribution >= 0.6 is 15.9 Å². The summed E-state index contributed by atoms with van der Waals surface area (Å²) in [5, 5.41) is 0. The van der Waals surface area contributed by atoms with Crippen molar-refractivity contribution in [2.24, 2.45) is 0 Å². The van der Waals surface area contributed by atoms with Crippen molar-refractivity contribution in [2.75, 3.05) is 13.6 Å². The molecule has 0 aliphatic carbocycles. The zero-order chi connectivity index (χ0) is 9.84. The maximum atomic E-state index is 11.6. The summed E-state index contributed by atoms with van der Waals surface area (Å²) in [5.74, 6) is -0.00343. The van der Waals surface area contributed by atoms with E-state index in [9.17, 15) is 4.79 Å². The third-order valence-corrected chi connectivity index (χ3v) is 2.21. The van der Waals surface area contributed by atoms with Gasteiger partial charge in [0.15, 0.2) is 0 Å². The van der Waals surface area contributed by atoms with Crippen LogP contribution in [0.15, 0.2) is 22.9 Å². The van der Waals surface area contributed by atoms with Gasteiger partial charge in [0.25, 0.3) is 5.91 Å². The number of nitrogens with zero attached hydrogens (tertiary/aromatic N) is 2. The Morgan fingerprint density at radius 1 is 1.62 bits per heavy atom. The van der Waals surface area contributed by atoms with Gasteiger partial charge in [-0.05, 0) is 28.9 Å². The molecule has 4 heteroatoms. The van der Waals surface area contributed by atoms with Crippen LogP contribution in [0, 0.1) is 0 Å². The molecule has 0 unspecified atom stereocenters. The molecule has 1 rings (SSSR count). The van der Waals surface area contributed by atoms with Gasteiger partial charge in [0.2, 0.25) is 0 Å². The highest BCUT2D eigenvalue weighted by Gasteiger charge is 2.09. The predicted molar refractivity (Wildman–Crippen MR) is 54.6 cm³/mol. The van der Waals surface area contributed by atoms with Crippen LogP contribution in [0.2, 0.25) is 0 Å². The van der Waals surface area contributed by atoms with Crippen LogP contribution in [0.3, 0.4) is 0 Å². The molecule has 0 radical (unpaired) electrons. The van der Waals surface area contributed by atoms with E-state index in [-0.39, 0.29) is 5.91 Å². The number of halogens is 1. The van der Waals surface area contributed by atoms with Crippen molar-refractivity contribution in [3.8, 4) is 0 Å². The third-order valence-electron chi connectivity index (χ3n) is 1.77. The van der Waals surface area contributed by atoms with Gasteiger partial charge in [-0.1, -0.05) is 0 Å². The van der Waals surface area contributed by atoms with Gasteiger partial charge >= 0.3 is 0 Å². The van der Waals surface area contributed by atoms with Gasteiger partial charge in [0.05, 0.1) is 5.56 Å². The number of carbonyl (C=O) groups excluding carboxylic acids is 1. The molecule has 1 aromatic heterocycles. The van der Waals surface area contributed by atoms with Gasteiger partial charge in [-0.2, -0.15) is 0 Å². The van der Waals surface area contributed by atoms with E-state index >= 15 is 0 Å². The van der Waals surface area contributed by atoms with E-state index in [2.05, 4.69) is 20.9 Å². The van der Waals surface area contributed by atoms with E-state index in [0.717, 1.165) is 4.47 Å². The van der Waals surface area contributed by atoms with Crippen molar-refractivity contribution in [1.29, 1.82) is 0 Å². The van der Waals surface area contributed by atoms with E-state index in [1.807, 2.05) is 6.92 Å². The molecule has 0 spiro atoms. The maximum Gasteiger partial charge on any atom is 0.255 e. The molecule has 0 bridgehead atoms. The lowest BCUT2D eigenvalue weighted by Crippen LogP contribution is -2.26. The molecule has 0 aromatic carbocycles. The number of hydrogen-bond donors (Lipinski definition) is 0. The SMILES string of the molecule is CCN(C)C(=O)c1cncc(Br)c1. The smallest absolute Gasteiger partial charge is 0.255 e. The predicted octanol–water partition coefficient (Wildman–Crippen LogP) is 1.94. The Balaban J connectivity index is 2.89. The Morgan fingerprint density at radius 3 is 2.85 bits per heavy atom. The summed E-state index contributed by atoms with van der Waals surface area (Å²) >= 11 is 3.27. The Morgan fingerprint density at radius 2 is 2.31 bits per heavy atom. The van der Waals surface area contributed by atoms with Crippen LogP contribution in [-0.2, 0) is 0 Å². The van der Waals surface area contributed by atoms with Gasteiger partial charge in [0, 0.05) is 30.5 Å². The molecule has 1 amide bonds. The zero-order valence-corrected chi connectivity index (χ0v) is 9.21. The number of carbonyl (C=O) groups is 1. The third kappa shape index (κ3) is 2.52. The molecule has 0 atom stereocenters. The standard InChI is InChI=1S/C9H11BrN2O/c1-3-12(2)9(13)7-4-8(10)6-11-5-7/h4-6H,3H2,1-2H3. The molecule has 0 saturated carbocycles. The van der Waals surface area contributed by atoms with Crippen LogP contribution in [0.4, 0.5) is 0 Å². The summed E-state index contributed by atoms with van der Waals surface area (Å²) in [6.45, 7) is 2.63. The molecular weight excluding hydrogens is 232 g/mol. The fraction of sp³-hybridized carbons (Fsp3) is 0.333. The lowest BCUT2D eigenvalue weighted by Gasteiger charge is -2.13. The second-order valence-corrected chi connectivity index (χ2v) is 3.63. The number of aromatic nitrogens is 1. The Hall–Kier alpha value is -0.900. The first-order chi connectivity index (χ1) is 6.15. The average molecular weight is 243 g/mol.